The van der Waals surface area contributed by atoms with E-state index in [4.69, 9.17) is 4.74 Å². The maximum absolute atomic E-state index is 12.8. The molecule has 3 aromatic rings. The minimum atomic E-state index is -0.395. The summed E-state index contributed by atoms with van der Waals surface area (Å²) >= 11 is 0. The van der Waals surface area contributed by atoms with Crippen molar-refractivity contribution < 1.29 is 14.3 Å². The van der Waals surface area contributed by atoms with Gasteiger partial charge in [-0.1, -0.05) is 32.0 Å². The normalized spacial score (nSPS) is 14.2. The van der Waals surface area contributed by atoms with E-state index >= 15 is 0 Å². The number of rotatable bonds is 7. The van der Waals surface area contributed by atoms with Crippen LogP contribution in [0.25, 0.3) is 5.69 Å². The number of carbonyl (C=O) groups is 2. The first-order valence-corrected chi connectivity index (χ1v) is 11.4. The molecule has 2 heterocycles. The summed E-state index contributed by atoms with van der Waals surface area (Å²) in [7, 11) is 0. The molecule has 2 N–H and O–H groups in total. The molecule has 1 saturated heterocycles. The third kappa shape index (κ3) is 5.67. The predicted molar refractivity (Wildman–Crippen MR) is 130 cm³/mol. The molecule has 0 atom stereocenters. The van der Waals surface area contributed by atoms with Crippen molar-refractivity contribution in [3.63, 3.8) is 0 Å². The van der Waals surface area contributed by atoms with Gasteiger partial charge in [-0.05, 0) is 48.7 Å². The number of para-hydroxylation sites is 1. The predicted octanol–water partition coefficient (Wildman–Crippen LogP) is 3.22. The number of ether oxygens (including phenoxy) is 1. The molecule has 2 amide bonds. The van der Waals surface area contributed by atoms with Gasteiger partial charge in [-0.25, -0.2) is 9.67 Å². The Hall–Kier alpha value is -3.56. The topological polar surface area (TPSA) is 101 Å². The summed E-state index contributed by atoms with van der Waals surface area (Å²) in [5.41, 5.74) is 3.31. The van der Waals surface area contributed by atoms with Crippen LogP contribution in [0, 0.1) is 6.92 Å². The summed E-state index contributed by atoms with van der Waals surface area (Å²) < 4.78 is 7.01. The van der Waals surface area contributed by atoms with E-state index in [1.54, 1.807) is 28.9 Å². The summed E-state index contributed by atoms with van der Waals surface area (Å²) in [6, 6.07) is 15.0. The molecule has 0 saturated carbocycles. The number of anilines is 2. The summed E-state index contributed by atoms with van der Waals surface area (Å²) in [6.45, 7) is 9.21. The Morgan fingerprint density at radius 1 is 1.00 bits per heavy atom. The summed E-state index contributed by atoms with van der Waals surface area (Å²) in [5, 5.41) is 10.2. The van der Waals surface area contributed by atoms with Crippen LogP contribution >= 0.6 is 0 Å². The lowest BCUT2D eigenvalue weighted by Gasteiger charge is -2.25. The number of nitrogens with one attached hydrogen (secondary N) is 2. The first-order valence-electron chi connectivity index (χ1n) is 11.4. The van der Waals surface area contributed by atoms with Gasteiger partial charge in [-0.15, -0.1) is 5.10 Å². The zero-order valence-corrected chi connectivity index (χ0v) is 19.7. The summed E-state index contributed by atoms with van der Waals surface area (Å²) in [6.07, 6.45) is 0. The quantitative estimate of drug-likeness (QED) is 0.559. The van der Waals surface area contributed by atoms with Crippen LogP contribution < -0.4 is 10.6 Å². The Morgan fingerprint density at radius 2 is 1.65 bits per heavy atom. The Kier molecular flexibility index (Phi) is 7.34. The molecule has 1 fully saturated rings. The molecule has 0 spiro atoms. The molecule has 178 valence electrons. The molecule has 9 heteroatoms. The molecule has 9 nitrogen and oxygen atoms in total. The minimum absolute atomic E-state index is 0.0782. The van der Waals surface area contributed by atoms with Gasteiger partial charge in [0.05, 0.1) is 25.4 Å². The number of carbonyl (C=O) groups excluding carboxylic acids is 2. The number of hydrogen-bond acceptors (Lipinski definition) is 6. The van der Waals surface area contributed by atoms with Gasteiger partial charge in [0.2, 0.25) is 11.7 Å². The van der Waals surface area contributed by atoms with Crippen LogP contribution in [0.15, 0.2) is 48.5 Å². The van der Waals surface area contributed by atoms with Gasteiger partial charge in [0.1, 0.15) is 5.82 Å². The summed E-state index contributed by atoms with van der Waals surface area (Å²) in [4.78, 5) is 31.5. The van der Waals surface area contributed by atoms with Crippen LogP contribution in [0.2, 0.25) is 0 Å². The maximum Gasteiger partial charge on any atom is 0.295 e. The van der Waals surface area contributed by atoms with Crippen molar-refractivity contribution >= 4 is 23.2 Å². The van der Waals surface area contributed by atoms with Crippen LogP contribution in [0.3, 0.4) is 0 Å². The Bertz CT molecular complexity index is 1150. The number of aromatic nitrogens is 3. The van der Waals surface area contributed by atoms with Crippen molar-refractivity contribution in [1.82, 2.24) is 19.7 Å². The van der Waals surface area contributed by atoms with E-state index in [0.717, 1.165) is 24.3 Å². The average Bonchev–Trinajstić information content (AvgIpc) is 3.22. The fourth-order valence-electron chi connectivity index (χ4n) is 3.87. The molecule has 4 rings (SSSR count). The van der Waals surface area contributed by atoms with E-state index in [1.807, 2.05) is 25.1 Å². The highest BCUT2D eigenvalue weighted by Crippen LogP contribution is 2.23. The van der Waals surface area contributed by atoms with E-state index in [-0.39, 0.29) is 11.7 Å². The van der Waals surface area contributed by atoms with Crippen LogP contribution in [0.1, 0.15) is 41.8 Å². The first-order chi connectivity index (χ1) is 16.4. The van der Waals surface area contributed by atoms with Crippen LogP contribution in [0.5, 0.6) is 0 Å². The van der Waals surface area contributed by atoms with E-state index < -0.39 is 5.91 Å². The average molecular weight is 463 g/mol. The molecule has 1 aliphatic rings. The number of nitrogens with zero attached hydrogens (tertiary/aromatic N) is 4. The van der Waals surface area contributed by atoms with Crippen molar-refractivity contribution in [2.24, 2.45) is 0 Å². The van der Waals surface area contributed by atoms with E-state index in [0.29, 0.717) is 42.9 Å². The molecule has 0 unspecified atom stereocenters. The zero-order chi connectivity index (χ0) is 24.1. The van der Waals surface area contributed by atoms with Crippen LogP contribution in [-0.4, -0.2) is 64.3 Å². The Labute approximate surface area is 199 Å². The van der Waals surface area contributed by atoms with Crippen molar-refractivity contribution in [2.45, 2.75) is 26.7 Å². The minimum Gasteiger partial charge on any atom is -0.379 e. The molecule has 1 aromatic heterocycles. The number of amides is 2. The lowest BCUT2D eigenvalue weighted by molar-refractivity contribution is -0.118. The SMILES string of the molecule is Cc1nc(C(=O)Nc2ccc(NC(=O)CN3CCOCC3)cc2)nn1-c1ccccc1C(C)C. The second kappa shape index (κ2) is 10.6. The van der Waals surface area contributed by atoms with E-state index in [9.17, 15) is 9.59 Å². The molecule has 0 aliphatic carbocycles. The first kappa shape index (κ1) is 23.6. The highest BCUT2D eigenvalue weighted by atomic mass is 16.5. The Morgan fingerprint density at radius 3 is 2.32 bits per heavy atom. The number of hydrogen-bond donors (Lipinski definition) is 2. The third-order valence-electron chi connectivity index (χ3n) is 5.66. The van der Waals surface area contributed by atoms with Crippen molar-refractivity contribution in [3.8, 4) is 5.69 Å². The maximum atomic E-state index is 12.8. The van der Waals surface area contributed by atoms with Gasteiger partial charge in [0, 0.05) is 24.5 Å². The number of benzene rings is 2. The van der Waals surface area contributed by atoms with Crippen LogP contribution in [-0.2, 0) is 9.53 Å². The fourth-order valence-corrected chi connectivity index (χ4v) is 3.87. The summed E-state index contributed by atoms with van der Waals surface area (Å²) in [5.74, 6) is 0.569. The second-order valence-corrected chi connectivity index (χ2v) is 8.58. The van der Waals surface area contributed by atoms with Gasteiger partial charge in [0.25, 0.3) is 5.91 Å². The molecule has 2 aromatic carbocycles. The smallest absolute Gasteiger partial charge is 0.295 e. The Balaban J connectivity index is 1.39. The van der Waals surface area contributed by atoms with E-state index in [2.05, 4.69) is 45.5 Å². The van der Waals surface area contributed by atoms with E-state index in [1.165, 1.54) is 0 Å². The zero-order valence-electron chi connectivity index (χ0n) is 19.7. The van der Waals surface area contributed by atoms with Crippen molar-refractivity contribution in [3.05, 3.63) is 65.7 Å². The van der Waals surface area contributed by atoms with Crippen molar-refractivity contribution in [1.29, 1.82) is 0 Å². The van der Waals surface area contributed by atoms with Gasteiger partial charge >= 0.3 is 0 Å². The molecular weight excluding hydrogens is 432 g/mol. The molecule has 34 heavy (non-hydrogen) atoms. The molecule has 1 aliphatic heterocycles. The lowest BCUT2D eigenvalue weighted by Crippen LogP contribution is -2.41. The highest BCUT2D eigenvalue weighted by Gasteiger charge is 2.18. The van der Waals surface area contributed by atoms with Gasteiger partial charge in [0.15, 0.2) is 0 Å². The highest BCUT2D eigenvalue weighted by molar-refractivity contribution is 6.01. The molecule has 0 bridgehead atoms. The third-order valence-corrected chi connectivity index (χ3v) is 5.66. The number of aryl methyl sites for hydroxylation is 1. The van der Waals surface area contributed by atoms with Gasteiger partial charge in [-0.3, -0.25) is 14.5 Å². The fraction of sp³-hybridized carbons (Fsp3) is 0.360. The van der Waals surface area contributed by atoms with Crippen LogP contribution in [0.4, 0.5) is 11.4 Å². The van der Waals surface area contributed by atoms with Gasteiger partial charge in [-0.2, -0.15) is 0 Å². The van der Waals surface area contributed by atoms with Crippen molar-refractivity contribution in [2.75, 3.05) is 43.5 Å². The molecular formula is C25H30N6O3. The standard InChI is InChI=1S/C25H30N6O3/c1-17(2)21-6-4-5-7-22(21)31-18(3)26-24(29-31)25(33)28-20-10-8-19(9-11-20)27-23(32)16-30-12-14-34-15-13-30/h4-11,17H,12-16H2,1-3H3,(H,27,32)(H,28,33). The lowest BCUT2D eigenvalue weighted by atomic mass is 10.0. The number of morpholine rings is 1. The van der Waals surface area contributed by atoms with Gasteiger partial charge < -0.3 is 15.4 Å². The largest absolute Gasteiger partial charge is 0.379 e. The monoisotopic (exact) mass is 462 g/mol. The molecule has 0 radical (unpaired) electrons. The second-order valence-electron chi connectivity index (χ2n) is 8.58.